The molecule has 1 amide bonds. The Morgan fingerprint density at radius 2 is 1.88 bits per heavy atom. The Bertz CT molecular complexity index is 211. The third-order valence-electron chi connectivity index (χ3n) is 1.99. The largest absolute Gasteiger partial charge is 0.469 e. The van der Waals surface area contributed by atoms with Crippen molar-refractivity contribution in [3.63, 3.8) is 0 Å². The number of rotatable bonds is 8. The predicted molar refractivity (Wildman–Crippen MR) is 60.3 cm³/mol. The minimum absolute atomic E-state index is 0.134. The van der Waals surface area contributed by atoms with Crippen molar-refractivity contribution in [3.8, 4) is 0 Å². The van der Waals surface area contributed by atoms with Crippen molar-refractivity contribution >= 4 is 23.7 Å². The van der Waals surface area contributed by atoms with Crippen LogP contribution in [-0.4, -0.2) is 31.8 Å². The van der Waals surface area contributed by atoms with E-state index in [1.165, 1.54) is 7.11 Å². The number of esters is 1. The van der Waals surface area contributed by atoms with Crippen LogP contribution in [0, 0.1) is 0 Å². The molecular formula is C10H18ClNO4. The van der Waals surface area contributed by atoms with Crippen LogP contribution in [0.1, 0.15) is 32.1 Å². The van der Waals surface area contributed by atoms with E-state index < -0.39 is 6.09 Å². The molecule has 0 spiro atoms. The molecule has 0 radical (unpaired) electrons. The molecule has 0 saturated heterocycles. The first-order valence-corrected chi connectivity index (χ1v) is 5.77. The summed E-state index contributed by atoms with van der Waals surface area (Å²) in [6.07, 6.45) is 3.54. The Hall–Kier alpha value is -0.970. The molecule has 0 fully saturated rings. The van der Waals surface area contributed by atoms with E-state index in [2.05, 4.69) is 14.8 Å². The van der Waals surface area contributed by atoms with Gasteiger partial charge in [-0.15, -0.1) is 0 Å². The molecule has 0 atom stereocenters. The number of carbonyl (C=O) groups is 2. The molecule has 0 heterocycles. The molecule has 0 aromatic heterocycles. The van der Waals surface area contributed by atoms with E-state index in [0.29, 0.717) is 13.0 Å². The summed E-state index contributed by atoms with van der Waals surface area (Å²) >= 11 is 5.19. The maximum Gasteiger partial charge on any atom is 0.408 e. The van der Waals surface area contributed by atoms with Gasteiger partial charge >= 0.3 is 12.1 Å². The molecule has 16 heavy (non-hydrogen) atoms. The van der Waals surface area contributed by atoms with Crippen molar-refractivity contribution in [1.29, 1.82) is 0 Å². The number of alkyl carbamates (subject to hydrolysis) is 1. The topological polar surface area (TPSA) is 64.6 Å². The van der Waals surface area contributed by atoms with Gasteiger partial charge in [0.25, 0.3) is 0 Å². The lowest BCUT2D eigenvalue weighted by atomic mass is 10.1. The zero-order valence-electron chi connectivity index (χ0n) is 9.46. The molecule has 5 nitrogen and oxygen atoms in total. The molecule has 0 saturated carbocycles. The quantitative estimate of drug-likeness (QED) is 0.407. The Kier molecular flexibility index (Phi) is 9.91. The van der Waals surface area contributed by atoms with Gasteiger partial charge in [0.1, 0.15) is 0 Å². The normalized spacial score (nSPS) is 9.62. The summed E-state index contributed by atoms with van der Waals surface area (Å²) < 4.78 is 8.98. The third-order valence-corrected chi connectivity index (χ3v) is 2.10. The third kappa shape index (κ3) is 9.58. The van der Waals surface area contributed by atoms with E-state index >= 15 is 0 Å². The zero-order valence-corrected chi connectivity index (χ0v) is 10.2. The van der Waals surface area contributed by atoms with E-state index in [1.54, 1.807) is 0 Å². The summed E-state index contributed by atoms with van der Waals surface area (Å²) in [4.78, 5) is 21.5. The van der Waals surface area contributed by atoms with Gasteiger partial charge in [0.05, 0.1) is 7.11 Å². The van der Waals surface area contributed by atoms with Crippen molar-refractivity contribution in [2.45, 2.75) is 32.1 Å². The van der Waals surface area contributed by atoms with Crippen LogP contribution in [-0.2, 0) is 14.3 Å². The van der Waals surface area contributed by atoms with Crippen LogP contribution in [0.2, 0.25) is 0 Å². The maximum atomic E-state index is 10.8. The summed E-state index contributed by atoms with van der Waals surface area (Å²) in [7, 11) is 1.38. The number of unbranched alkanes of at least 4 members (excludes halogenated alkanes) is 3. The van der Waals surface area contributed by atoms with E-state index in [0.717, 1.165) is 25.7 Å². The van der Waals surface area contributed by atoms with Gasteiger partial charge in [-0.1, -0.05) is 24.4 Å². The Morgan fingerprint density at radius 3 is 2.50 bits per heavy atom. The average Bonchev–Trinajstić information content (AvgIpc) is 2.27. The molecule has 0 rings (SSSR count). The van der Waals surface area contributed by atoms with Gasteiger partial charge in [-0.25, -0.2) is 4.79 Å². The van der Waals surface area contributed by atoms with Gasteiger partial charge in [-0.05, 0) is 12.8 Å². The lowest BCUT2D eigenvalue weighted by molar-refractivity contribution is -0.140. The monoisotopic (exact) mass is 251 g/mol. The standard InChI is InChI=1S/C10H18ClNO4/c1-15-9(13)6-4-2-3-5-7-12-10(14)16-8-11/h2-8H2,1H3,(H,12,14). The molecular weight excluding hydrogens is 234 g/mol. The molecule has 0 aromatic rings. The van der Waals surface area contributed by atoms with E-state index in [9.17, 15) is 9.59 Å². The van der Waals surface area contributed by atoms with Crippen LogP contribution in [0.15, 0.2) is 0 Å². The highest BCUT2D eigenvalue weighted by Crippen LogP contribution is 2.03. The fourth-order valence-corrected chi connectivity index (χ4v) is 1.24. The second-order valence-electron chi connectivity index (χ2n) is 3.21. The van der Waals surface area contributed by atoms with Crippen LogP contribution >= 0.6 is 11.6 Å². The molecule has 0 aliphatic rings. The van der Waals surface area contributed by atoms with E-state index in [4.69, 9.17) is 11.6 Å². The first-order valence-electron chi connectivity index (χ1n) is 5.24. The minimum Gasteiger partial charge on any atom is -0.469 e. The fraction of sp³-hybridized carbons (Fsp3) is 0.800. The highest BCUT2D eigenvalue weighted by Gasteiger charge is 2.00. The lowest BCUT2D eigenvalue weighted by Crippen LogP contribution is -2.24. The molecule has 0 aliphatic heterocycles. The number of hydrogen-bond donors (Lipinski definition) is 1. The van der Waals surface area contributed by atoms with Gasteiger partial charge in [0.2, 0.25) is 0 Å². The lowest BCUT2D eigenvalue weighted by Gasteiger charge is -2.04. The Labute approximate surface area is 100 Å². The summed E-state index contributed by atoms with van der Waals surface area (Å²) in [6.45, 7) is 0.563. The fourth-order valence-electron chi connectivity index (χ4n) is 1.14. The zero-order chi connectivity index (χ0) is 12.2. The van der Waals surface area contributed by atoms with Crippen molar-refractivity contribution in [2.24, 2.45) is 0 Å². The van der Waals surface area contributed by atoms with Crippen LogP contribution in [0.25, 0.3) is 0 Å². The number of ether oxygens (including phenoxy) is 2. The van der Waals surface area contributed by atoms with Gasteiger partial charge in [-0.2, -0.15) is 0 Å². The minimum atomic E-state index is -0.496. The predicted octanol–water partition coefficient (Wildman–Crippen LogP) is 2.03. The molecule has 1 N–H and O–H groups in total. The van der Waals surface area contributed by atoms with E-state index in [1.807, 2.05) is 0 Å². The average molecular weight is 252 g/mol. The van der Waals surface area contributed by atoms with Crippen molar-refractivity contribution < 1.29 is 19.1 Å². The molecule has 0 aliphatic carbocycles. The van der Waals surface area contributed by atoms with Crippen molar-refractivity contribution in [1.82, 2.24) is 5.32 Å². The smallest absolute Gasteiger partial charge is 0.408 e. The van der Waals surface area contributed by atoms with Gasteiger partial charge in [0, 0.05) is 13.0 Å². The van der Waals surface area contributed by atoms with E-state index in [-0.39, 0.29) is 12.0 Å². The molecule has 0 aromatic carbocycles. The van der Waals surface area contributed by atoms with Gasteiger partial charge < -0.3 is 14.8 Å². The summed E-state index contributed by atoms with van der Waals surface area (Å²) in [5.41, 5.74) is 0. The number of nitrogens with one attached hydrogen (secondary N) is 1. The van der Waals surface area contributed by atoms with Crippen LogP contribution < -0.4 is 5.32 Å². The number of hydrogen-bond acceptors (Lipinski definition) is 4. The molecule has 6 heteroatoms. The first-order chi connectivity index (χ1) is 7.70. The number of alkyl halides is 1. The van der Waals surface area contributed by atoms with Gasteiger partial charge in [-0.3, -0.25) is 4.79 Å². The SMILES string of the molecule is COC(=O)CCCCCCNC(=O)OCCl. The number of carbonyl (C=O) groups excluding carboxylic acids is 2. The second-order valence-corrected chi connectivity index (χ2v) is 3.43. The summed E-state index contributed by atoms with van der Waals surface area (Å²) in [6, 6.07) is -0.134. The first kappa shape index (κ1) is 15.0. The van der Waals surface area contributed by atoms with Crippen LogP contribution in [0.3, 0.4) is 0 Å². The van der Waals surface area contributed by atoms with Crippen molar-refractivity contribution in [2.75, 3.05) is 19.7 Å². The summed E-state index contributed by atoms with van der Waals surface area (Å²) in [5, 5.41) is 2.56. The van der Waals surface area contributed by atoms with Crippen molar-refractivity contribution in [3.05, 3.63) is 0 Å². The Morgan fingerprint density at radius 1 is 1.19 bits per heavy atom. The molecule has 94 valence electrons. The summed E-state index contributed by atoms with van der Waals surface area (Å²) in [5.74, 6) is -0.177. The maximum absolute atomic E-state index is 10.8. The van der Waals surface area contributed by atoms with Crippen LogP contribution in [0.4, 0.5) is 4.79 Å². The molecule has 0 unspecified atom stereocenters. The molecule has 0 bridgehead atoms. The van der Waals surface area contributed by atoms with Crippen LogP contribution in [0.5, 0.6) is 0 Å². The van der Waals surface area contributed by atoms with Gasteiger partial charge in [0.15, 0.2) is 6.07 Å². The number of methoxy groups -OCH3 is 1. The number of amides is 1. The highest BCUT2D eigenvalue weighted by molar-refractivity contribution is 6.17. The second kappa shape index (κ2) is 10.5. The Balaban J connectivity index is 3.15. The number of halogens is 1. The highest BCUT2D eigenvalue weighted by atomic mass is 35.5.